The minimum absolute atomic E-state index is 0.202. The Bertz CT molecular complexity index is 485. The summed E-state index contributed by atoms with van der Waals surface area (Å²) >= 11 is 0. The van der Waals surface area contributed by atoms with Crippen molar-refractivity contribution < 1.29 is 19.4 Å². The van der Waals surface area contributed by atoms with Gasteiger partial charge in [0.05, 0.1) is 13.7 Å². The lowest BCUT2D eigenvalue weighted by atomic mass is 10.2. The normalized spacial score (nSPS) is 12.1. The maximum atomic E-state index is 11.4. The van der Waals surface area contributed by atoms with Crippen molar-refractivity contribution in [2.45, 2.75) is 6.10 Å². The van der Waals surface area contributed by atoms with Crippen molar-refractivity contribution in [3.63, 3.8) is 0 Å². The maximum absolute atomic E-state index is 11.4. The van der Waals surface area contributed by atoms with Crippen molar-refractivity contribution in [3.8, 4) is 0 Å². The molecule has 0 aromatic heterocycles. The van der Waals surface area contributed by atoms with E-state index in [1.54, 1.807) is 30.3 Å². The fraction of sp³-hybridized carbons (Fsp3) is 0.231. The molecule has 0 heterocycles. The number of aliphatic hydroxyl groups excluding tert-OH is 1. The molecule has 0 spiro atoms. The molecule has 1 aromatic rings. The van der Waals surface area contributed by atoms with E-state index in [4.69, 9.17) is 5.73 Å². The van der Waals surface area contributed by atoms with Gasteiger partial charge in [0.2, 0.25) is 5.91 Å². The SMILES string of the molecule is COC(=O)C(O)CNC(=O)/C=C/c1cccc(N)c1. The Morgan fingerprint density at radius 2 is 2.26 bits per heavy atom. The van der Waals surface area contributed by atoms with Crippen LogP contribution < -0.4 is 11.1 Å². The lowest BCUT2D eigenvalue weighted by Gasteiger charge is -2.07. The number of nitrogens with two attached hydrogens (primary N) is 1. The molecule has 1 rings (SSSR count). The van der Waals surface area contributed by atoms with Crippen molar-refractivity contribution in [2.24, 2.45) is 0 Å². The minimum Gasteiger partial charge on any atom is -0.467 e. The van der Waals surface area contributed by atoms with E-state index in [2.05, 4.69) is 10.1 Å². The highest BCUT2D eigenvalue weighted by molar-refractivity contribution is 5.92. The van der Waals surface area contributed by atoms with Crippen LogP contribution in [0.3, 0.4) is 0 Å². The summed E-state index contributed by atoms with van der Waals surface area (Å²) in [5, 5.41) is 11.6. The van der Waals surface area contributed by atoms with Gasteiger partial charge in [0, 0.05) is 11.8 Å². The number of nitrogen functional groups attached to an aromatic ring is 1. The van der Waals surface area contributed by atoms with Crippen LogP contribution in [-0.4, -0.2) is 36.7 Å². The molecule has 19 heavy (non-hydrogen) atoms. The third-order valence-electron chi connectivity index (χ3n) is 2.28. The highest BCUT2D eigenvalue weighted by atomic mass is 16.5. The van der Waals surface area contributed by atoms with Crippen molar-refractivity contribution in [2.75, 3.05) is 19.4 Å². The molecule has 0 aliphatic rings. The van der Waals surface area contributed by atoms with Gasteiger partial charge in [-0.2, -0.15) is 0 Å². The van der Waals surface area contributed by atoms with E-state index in [0.717, 1.165) is 12.7 Å². The van der Waals surface area contributed by atoms with Crippen molar-refractivity contribution in [1.29, 1.82) is 0 Å². The van der Waals surface area contributed by atoms with Gasteiger partial charge >= 0.3 is 5.97 Å². The van der Waals surface area contributed by atoms with Crippen molar-refractivity contribution in [3.05, 3.63) is 35.9 Å². The molecule has 1 atom stereocenters. The van der Waals surface area contributed by atoms with Crippen LogP contribution in [0.4, 0.5) is 5.69 Å². The van der Waals surface area contributed by atoms with Gasteiger partial charge in [-0.05, 0) is 23.8 Å². The first kappa shape index (κ1) is 14.7. The molecule has 6 nitrogen and oxygen atoms in total. The number of nitrogens with one attached hydrogen (secondary N) is 1. The summed E-state index contributed by atoms with van der Waals surface area (Å²) in [5.41, 5.74) is 6.97. The Balaban J connectivity index is 2.45. The second kappa shape index (κ2) is 7.17. The van der Waals surface area contributed by atoms with Gasteiger partial charge in [0.25, 0.3) is 0 Å². The monoisotopic (exact) mass is 264 g/mol. The van der Waals surface area contributed by atoms with E-state index >= 15 is 0 Å². The van der Waals surface area contributed by atoms with E-state index in [-0.39, 0.29) is 6.54 Å². The van der Waals surface area contributed by atoms with Crippen LogP contribution in [0, 0.1) is 0 Å². The number of amides is 1. The number of aliphatic hydroxyl groups is 1. The van der Waals surface area contributed by atoms with E-state index in [9.17, 15) is 14.7 Å². The quantitative estimate of drug-likeness (QED) is 0.392. The standard InChI is InChI=1S/C13H16N2O4/c1-19-13(18)11(16)8-15-12(17)6-5-9-3-2-4-10(14)7-9/h2-7,11,16H,8,14H2,1H3,(H,15,17)/b6-5+. The second-order valence-electron chi connectivity index (χ2n) is 3.79. The van der Waals surface area contributed by atoms with Crippen molar-refractivity contribution >= 4 is 23.6 Å². The van der Waals surface area contributed by atoms with Crippen molar-refractivity contribution in [1.82, 2.24) is 5.32 Å². The number of rotatable bonds is 5. The van der Waals surface area contributed by atoms with Gasteiger partial charge < -0.3 is 20.9 Å². The Kier molecular flexibility index (Phi) is 5.56. The second-order valence-corrected chi connectivity index (χ2v) is 3.79. The molecule has 0 saturated heterocycles. The van der Waals surface area contributed by atoms with Crippen LogP contribution in [0.15, 0.2) is 30.3 Å². The summed E-state index contributed by atoms with van der Waals surface area (Å²) in [5.74, 6) is -1.22. The number of ether oxygens (including phenoxy) is 1. The largest absolute Gasteiger partial charge is 0.467 e. The maximum Gasteiger partial charge on any atom is 0.336 e. The topological polar surface area (TPSA) is 102 Å². The van der Waals surface area contributed by atoms with Gasteiger partial charge in [-0.15, -0.1) is 0 Å². The van der Waals surface area contributed by atoms with Gasteiger partial charge in [-0.3, -0.25) is 4.79 Å². The zero-order valence-corrected chi connectivity index (χ0v) is 10.5. The third-order valence-corrected chi connectivity index (χ3v) is 2.28. The first-order chi connectivity index (χ1) is 9.02. The average Bonchev–Trinajstić information content (AvgIpc) is 2.41. The molecule has 102 valence electrons. The van der Waals surface area contributed by atoms with Crippen LogP contribution in [0.1, 0.15) is 5.56 Å². The zero-order valence-electron chi connectivity index (χ0n) is 10.5. The highest BCUT2D eigenvalue weighted by Gasteiger charge is 2.15. The molecule has 6 heteroatoms. The van der Waals surface area contributed by atoms with Crippen LogP contribution in [0.25, 0.3) is 6.08 Å². The van der Waals surface area contributed by atoms with Gasteiger partial charge in [-0.25, -0.2) is 4.79 Å². The molecule has 0 saturated carbocycles. The molecule has 0 bridgehead atoms. The van der Waals surface area contributed by atoms with Gasteiger partial charge in [0.15, 0.2) is 6.10 Å². The smallest absolute Gasteiger partial charge is 0.336 e. The Hall–Kier alpha value is -2.34. The molecule has 0 aliphatic carbocycles. The van der Waals surface area contributed by atoms with Gasteiger partial charge in [0.1, 0.15) is 0 Å². The summed E-state index contributed by atoms with van der Waals surface area (Å²) in [6.45, 7) is -0.202. The number of carbonyl (C=O) groups is 2. The predicted octanol–water partition coefficient (Wildman–Crippen LogP) is -0.0679. The lowest BCUT2D eigenvalue weighted by molar-refractivity contribution is -0.150. The summed E-state index contributed by atoms with van der Waals surface area (Å²) in [6.07, 6.45) is 1.50. The molecule has 1 unspecified atom stereocenters. The summed E-state index contributed by atoms with van der Waals surface area (Å²) in [6, 6.07) is 7.02. The van der Waals surface area contributed by atoms with Crippen LogP contribution in [0.2, 0.25) is 0 Å². The molecule has 0 radical (unpaired) electrons. The minimum atomic E-state index is -1.37. The number of hydrogen-bond acceptors (Lipinski definition) is 5. The zero-order chi connectivity index (χ0) is 14.3. The number of anilines is 1. The fourth-order valence-electron chi connectivity index (χ4n) is 1.31. The summed E-state index contributed by atoms with van der Waals surface area (Å²) in [7, 11) is 1.16. The molecule has 1 aromatic carbocycles. The van der Waals surface area contributed by atoms with Crippen LogP contribution in [0.5, 0.6) is 0 Å². The highest BCUT2D eigenvalue weighted by Crippen LogP contribution is 2.07. The predicted molar refractivity (Wildman–Crippen MR) is 70.9 cm³/mol. The summed E-state index contributed by atoms with van der Waals surface area (Å²) in [4.78, 5) is 22.3. The molecule has 4 N–H and O–H groups in total. The van der Waals surface area contributed by atoms with E-state index in [1.165, 1.54) is 6.08 Å². The molecule has 1 amide bonds. The first-order valence-electron chi connectivity index (χ1n) is 5.60. The average molecular weight is 264 g/mol. The molecular formula is C13H16N2O4. The Labute approximate surface area is 110 Å². The first-order valence-corrected chi connectivity index (χ1v) is 5.60. The lowest BCUT2D eigenvalue weighted by Crippen LogP contribution is -2.36. The van der Waals surface area contributed by atoms with E-state index in [1.807, 2.05) is 0 Å². The number of hydrogen-bond donors (Lipinski definition) is 3. The van der Waals surface area contributed by atoms with E-state index < -0.39 is 18.0 Å². The third kappa shape index (κ3) is 5.22. The fourth-order valence-corrected chi connectivity index (χ4v) is 1.31. The number of esters is 1. The number of methoxy groups -OCH3 is 1. The van der Waals surface area contributed by atoms with Gasteiger partial charge in [-0.1, -0.05) is 12.1 Å². The number of benzene rings is 1. The Morgan fingerprint density at radius 1 is 1.53 bits per heavy atom. The van der Waals surface area contributed by atoms with E-state index in [0.29, 0.717) is 5.69 Å². The molecule has 0 fully saturated rings. The van der Waals surface area contributed by atoms with Crippen LogP contribution >= 0.6 is 0 Å². The number of carbonyl (C=O) groups excluding carboxylic acids is 2. The summed E-state index contributed by atoms with van der Waals surface area (Å²) < 4.78 is 4.31. The molecular weight excluding hydrogens is 248 g/mol. The Morgan fingerprint density at radius 3 is 2.89 bits per heavy atom. The molecule has 0 aliphatic heterocycles. The van der Waals surface area contributed by atoms with Crippen LogP contribution in [-0.2, 0) is 14.3 Å².